The number of carbonyl (C=O) groups excluding carboxylic acids is 1. The molecule has 0 heterocycles. The summed E-state index contributed by atoms with van der Waals surface area (Å²) in [5.41, 5.74) is 0.993. The van der Waals surface area contributed by atoms with Gasteiger partial charge in [0.25, 0.3) is 0 Å². The average Bonchev–Trinajstić information content (AvgIpc) is 2.65. The third kappa shape index (κ3) is 3.67. The smallest absolute Gasteiger partial charge is 0.483 e. The van der Waals surface area contributed by atoms with Crippen LogP contribution in [0.4, 0.5) is 4.79 Å². The molecule has 0 aromatic heterocycles. The van der Waals surface area contributed by atoms with Gasteiger partial charge in [-0.2, -0.15) is 0 Å². The van der Waals surface area contributed by atoms with Gasteiger partial charge in [0.2, 0.25) is 0 Å². The molecule has 0 saturated heterocycles. The van der Waals surface area contributed by atoms with Crippen LogP contribution in [-0.4, -0.2) is 23.1 Å². The van der Waals surface area contributed by atoms with E-state index in [1.807, 2.05) is 65.0 Å². The number of ether oxygens (including phenoxy) is 1. The monoisotopic (exact) mass is 279 g/mol. The Labute approximate surface area is 138 Å². The zero-order chi connectivity index (χ0) is 14.9. The first-order valence-electron chi connectivity index (χ1n) is 7.07. The first-order chi connectivity index (χ1) is 9.41. The van der Waals surface area contributed by atoms with Gasteiger partial charge in [0.1, 0.15) is 0 Å². The molecule has 0 saturated carbocycles. The quantitative estimate of drug-likeness (QED) is 0.629. The summed E-state index contributed by atoms with van der Waals surface area (Å²) in [6, 6.07) is 10.2. The Balaban J connectivity index is 0.00000220. The van der Waals surface area contributed by atoms with Gasteiger partial charge in [-0.1, -0.05) is 36.1 Å². The van der Waals surface area contributed by atoms with Crippen LogP contribution in [0, 0.1) is 6.92 Å². The Morgan fingerprint density at radius 2 is 1.71 bits per heavy atom. The summed E-state index contributed by atoms with van der Waals surface area (Å²) in [6.07, 6.45) is -0.283. The molecule has 0 aliphatic heterocycles. The molecule has 0 spiro atoms. The zero-order valence-corrected chi connectivity index (χ0v) is 13.8. The molecule has 4 heteroatoms. The molecule has 21 heavy (non-hydrogen) atoms. The molecule has 2 aromatic rings. The van der Waals surface area contributed by atoms with Crippen molar-refractivity contribution in [2.75, 3.05) is 0 Å². The van der Waals surface area contributed by atoms with E-state index >= 15 is 0 Å². The van der Waals surface area contributed by atoms with Crippen molar-refractivity contribution in [3.8, 4) is 5.75 Å². The van der Waals surface area contributed by atoms with Crippen LogP contribution in [0.3, 0.4) is 0 Å². The van der Waals surface area contributed by atoms with Gasteiger partial charge in [-0.3, -0.25) is 4.79 Å². The molecule has 0 aliphatic rings. The Morgan fingerprint density at radius 1 is 1.14 bits per heavy atom. The van der Waals surface area contributed by atoms with E-state index in [2.05, 4.69) is 0 Å². The number of amides is 1. The van der Waals surface area contributed by atoms with Crippen LogP contribution < -0.4 is 23.6 Å². The number of fused-ring (bicyclic) bond motifs is 1. The van der Waals surface area contributed by atoms with Crippen LogP contribution >= 0.6 is 0 Å². The molecule has 1 amide bonds. The van der Waals surface area contributed by atoms with Crippen molar-refractivity contribution in [3.05, 3.63) is 35.9 Å². The second-order valence-electron chi connectivity index (χ2n) is 5.71. The first kappa shape index (κ1) is 17.7. The summed E-state index contributed by atoms with van der Waals surface area (Å²) < 4.78 is 5.67. The Bertz CT molecular complexity index is 608. The Kier molecular flexibility index (Phi) is 6.01. The van der Waals surface area contributed by atoms with Crippen LogP contribution in [-0.2, 0) is 0 Å². The molecule has 0 bridgehead atoms. The van der Waals surface area contributed by atoms with Crippen molar-refractivity contribution in [1.82, 2.24) is 4.90 Å². The zero-order valence-electron chi connectivity index (χ0n) is 13.8. The molecule has 2 rings (SSSR count). The molecule has 108 valence electrons. The molecular formula is C17H22LiNO2. The predicted molar refractivity (Wildman–Crippen MR) is 82.4 cm³/mol. The van der Waals surface area contributed by atoms with Crippen LogP contribution in [0.2, 0.25) is 0 Å². The minimum Gasteiger partial charge on any atom is -0.483 e. The number of hydrogen-bond acceptors (Lipinski definition) is 2. The van der Waals surface area contributed by atoms with E-state index < -0.39 is 0 Å². The summed E-state index contributed by atoms with van der Waals surface area (Å²) >= 11 is 0. The molecule has 0 N–H and O–H groups in total. The molecule has 0 radical (unpaired) electrons. The van der Waals surface area contributed by atoms with E-state index in [1.54, 1.807) is 4.90 Å². The van der Waals surface area contributed by atoms with Gasteiger partial charge >= 0.3 is 25.0 Å². The van der Waals surface area contributed by atoms with Gasteiger partial charge in [0, 0.05) is 12.1 Å². The van der Waals surface area contributed by atoms with E-state index in [-0.39, 0.29) is 37.0 Å². The van der Waals surface area contributed by atoms with Gasteiger partial charge < -0.3 is 9.64 Å². The van der Waals surface area contributed by atoms with Gasteiger partial charge in [0.15, 0.2) is 0 Å². The van der Waals surface area contributed by atoms with Gasteiger partial charge in [-0.05, 0) is 27.7 Å². The van der Waals surface area contributed by atoms with Crippen molar-refractivity contribution >= 4 is 16.9 Å². The molecule has 2 aromatic carbocycles. The summed E-state index contributed by atoms with van der Waals surface area (Å²) in [4.78, 5) is 14.1. The molecular weight excluding hydrogens is 257 g/mol. The van der Waals surface area contributed by atoms with Crippen molar-refractivity contribution in [2.45, 2.75) is 46.7 Å². The number of hydrogen-bond donors (Lipinski definition) is 0. The predicted octanol–water partition coefficient (Wildman–Crippen LogP) is 1.49. The van der Waals surface area contributed by atoms with Gasteiger partial charge in [-0.25, -0.2) is 0 Å². The maximum absolute atomic E-state index is 12.4. The van der Waals surface area contributed by atoms with Crippen molar-refractivity contribution < 1.29 is 28.4 Å². The van der Waals surface area contributed by atoms with E-state index in [0.717, 1.165) is 16.3 Å². The topological polar surface area (TPSA) is 29.5 Å². The maximum atomic E-state index is 12.4. The first-order valence-corrected chi connectivity index (χ1v) is 7.07. The summed E-state index contributed by atoms with van der Waals surface area (Å²) in [6.45, 7) is 9.96. The number of carbonyl (C=O) groups is 1. The average molecular weight is 279 g/mol. The number of benzene rings is 1. The SMILES string of the molecule is Cc1cc2ccccc2[c-]1OC(=O)N(C(C)C)C(C)C.[Li+]. The molecule has 0 unspecified atom stereocenters. The van der Waals surface area contributed by atoms with Crippen LogP contribution in [0.15, 0.2) is 30.3 Å². The molecule has 0 atom stereocenters. The minimum atomic E-state index is -0.283. The number of rotatable bonds is 3. The van der Waals surface area contributed by atoms with Crippen molar-refractivity contribution in [3.63, 3.8) is 0 Å². The number of nitrogens with zero attached hydrogens (tertiary/aromatic N) is 1. The molecule has 3 nitrogen and oxygen atoms in total. The summed E-state index contributed by atoms with van der Waals surface area (Å²) in [5.74, 6) is 0.678. The van der Waals surface area contributed by atoms with E-state index in [1.165, 1.54) is 0 Å². The minimum absolute atomic E-state index is 0. The van der Waals surface area contributed by atoms with Gasteiger partial charge in [-0.15, -0.1) is 17.5 Å². The van der Waals surface area contributed by atoms with Crippen molar-refractivity contribution in [2.24, 2.45) is 0 Å². The summed E-state index contributed by atoms with van der Waals surface area (Å²) in [5, 5.41) is 2.10. The maximum Gasteiger partial charge on any atom is 1.00 e. The fourth-order valence-corrected chi connectivity index (χ4v) is 2.63. The fourth-order valence-electron chi connectivity index (χ4n) is 2.63. The van der Waals surface area contributed by atoms with Gasteiger partial charge in [0.05, 0.1) is 5.75 Å². The van der Waals surface area contributed by atoms with Crippen molar-refractivity contribution in [1.29, 1.82) is 0 Å². The van der Waals surface area contributed by atoms with Crippen LogP contribution in [0.5, 0.6) is 5.75 Å². The number of aryl methyl sites for hydroxylation is 1. The standard InChI is InChI=1S/C17H22NO2.Li/c1-11(2)18(12(3)4)17(19)20-16-13(5)10-14-8-6-7-9-15(14)16;/h6-12H,1-5H3;/q-1;+1. The largest absolute Gasteiger partial charge is 1.00 e. The fraction of sp³-hybridized carbons (Fsp3) is 0.412. The third-order valence-corrected chi connectivity index (χ3v) is 3.45. The van der Waals surface area contributed by atoms with Crippen LogP contribution in [0.25, 0.3) is 10.8 Å². The van der Waals surface area contributed by atoms with E-state index in [9.17, 15) is 4.79 Å². The van der Waals surface area contributed by atoms with Crippen LogP contribution in [0.1, 0.15) is 33.3 Å². The molecule has 0 fully saturated rings. The van der Waals surface area contributed by atoms with E-state index in [4.69, 9.17) is 4.74 Å². The summed E-state index contributed by atoms with van der Waals surface area (Å²) in [7, 11) is 0. The third-order valence-electron chi connectivity index (χ3n) is 3.45. The second kappa shape index (κ2) is 7.11. The molecule has 0 aliphatic carbocycles. The normalized spacial score (nSPS) is 10.8. The Hall–Kier alpha value is -1.30. The Morgan fingerprint density at radius 3 is 2.29 bits per heavy atom. The second-order valence-corrected chi connectivity index (χ2v) is 5.71. The van der Waals surface area contributed by atoms with E-state index in [0.29, 0.717) is 5.75 Å².